The van der Waals surface area contributed by atoms with E-state index in [1.54, 1.807) is 24.4 Å². The molecule has 3 rings (SSSR count). The standard InChI is InChI=1S/C20H20N4O3S/c1-13-7-9-14(10-8-13)12-21-24-20-23-19(26)17(28-20)11-18(25)22-15-5-3-4-6-16(15)27-2/h3-10,12,17H,11H2,1-2H3,(H,22,25)(H,23,24,26). The normalized spacial score (nSPS) is 17.7. The maximum atomic E-state index is 12.3. The highest BCUT2D eigenvalue weighted by Gasteiger charge is 2.32. The van der Waals surface area contributed by atoms with Crippen molar-refractivity contribution in [3.8, 4) is 5.75 Å². The van der Waals surface area contributed by atoms with Gasteiger partial charge in [0.1, 0.15) is 11.0 Å². The second kappa shape index (κ2) is 9.18. The van der Waals surface area contributed by atoms with Crippen LogP contribution in [-0.4, -0.2) is 35.6 Å². The van der Waals surface area contributed by atoms with Crippen LogP contribution in [0.4, 0.5) is 5.69 Å². The summed E-state index contributed by atoms with van der Waals surface area (Å²) in [5.74, 6) is 0.0260. The molecule has 8 heteroatoms. The molecule has 7 nitrogen and oxygen atoms in total. The lowest BCUT2D eigenvalue weighted by molar-refractivity contribution is -0.122. The molecule has 1 heterocycles. The number of nitrogens with one attached hydrogen (secondary N) is 2. The summed E-state index contributed by atoms with van der Waals surface area (Å²) in [6, 6.07) is 14.9. The van der Waals surface area contributed by atoms with E-state index in [9.17, 15) is 9.59 Å². The number of amidine groups is 1. The minimum absolute atomic E-state index is 0.0231. The Hall–Kier alpha value is -3.13. The van der Waals surface area contributed by atoms with E-state index in [-0.39, 0.29) is 18.2 Å². The molecule has 1 atom stereocenters. The summed E-state index contributed by atoms with van der Waals surface area (Å²) in [7, 11) is 1.53. The number of rotatable bonds is 6. The zero-order valence-corrected chi connectivity index (χ0v) is 16.3. The molecule has 1 fully saturated rings. The van der Waals surface area contributed by atoms with Gasteiger partial charge in [0.15, 0.2) is 5.17 Å². The van der Waals surface area contributed by atoms with Crippen molar-refractivity contribution in [3.63, 3.8) is 0 Å². The summed E-state index contributed by atoms with van der Waals surface area (Å²) in [5.41, 5.74) is 2.64. The lowest BCUT2D eigenvalue weighted by Crippen LogP contribution is -2.28. The van der Waals surface area contributed by atoms with Crippen LogP contribution in [0.1, 0.15) is 17.5 Å². The molecule has 144 valence electrons. The molecule has 1 unspecified atom stereocenters. The molecule has 1 saturated heterocycles. The third-order valence-corrected chi connectivity index (χ3v) is 5.03. The third-order valence-electron chi connectivity index (χ3n) is 3.96. The molecule has 0 spiro atoms. The largest absolute Gasteiger partial charge is 0.495 e. The molecule has 0 bridgehead atoms. The van der Waals surface area contributed by atoms with E-state index in [0.29, 0.717) is 16.6 Å². The molecule has 1 aliphatic rings. The molecular formula is C20H20N4O3S. The van der Waals surface area contributed by atoms with E-state index in [2.05, 4.69) is 20.8 Å². The van der Waals surface area contributed by atoms with Gasteiger partial charge in [-0.05, 0) is 24.6 Å². The Morgan fingerprint density at radius 1 is 1.25 bits per heavy atom. The molecule has 2 aromatic carbocycles. The van der Waals surface area contributed by atoms with Crippen LogP contribution >= 0.6 is 11.8 Å². The number of para-hydroxylation sites is 2. The number of amides is 2. The number of ether oxygens (including phenoxy) is 1. The minimum atomic E-state index is -0.553. The highest BCUT2D eigenvalue weighted by atomic mass is 32.2. The smallest absolute Gasteiger partial charge is 0.240 e. The number of carbonyl (C=O) groups excluding carboxylic acids is 2. The van der Waals surface area contributed by atoms with Crippen LogP contribution in [0.3, 0.4) is 0 Å². The van der Waals surface area contributed by atoms with Crippen LogP contribution < -0.4 is 15.4 Å². The summed E-state index contributed by atoms with van der Waals surface area (Å²) in [6.07, 6.45) is 1.64. The Kier molecular flexibility index (Phi) is 6.44. The van der Waals surface area contributed by atoms with Gasteiger partial charge in [0.25, 0.3) is 0 Å². The summed E-state index contributed by atoms with van der Waals surface area (Å²) in [5, 5.41) is 13.3. The van der Waals surface area contributed by atoms with Crippen LogP contribution in [0.2, 0.25) is 0 Å². The van der Waals surface area contributed by atoms with E-state index in [1.807, 2.05) is 37.3 Å². The van der Waals surface area contributed by atoms with Crippen LogP contribution in [0.15, 0.2) is 58.7 Å². The Morgan fingerprint density at radius 3 is 2.75 bits per heavy atom. The Morgan fingerprint density at radius 2 is 2.00 bits per heavy atom. The summed E-state index contributed by atoms with van der Waals surface area (Å²) < 4.78 is 5.21. The van der Waals surface area contributed by atoms with E-state index in [4.69, 9.17) is 4.74 Å². The van der Waals surface area contributed by atoms with E-state index in [1.165, 1.54) is 18.9 Å². The number of anilines is 1. The van der Waals surface area contributed by atoms with Crippen molar-refractivity contribution in [1.29, 1.82) is 0 Å². The maximum absolute atomic E-state index is 12.3. The fourth-order valence-electron chi connectivity index (χ4n) is 2.50. The lowest BCUT2D eigenvalue weighted by Gasteiger charge is -2.10. The topological polar surface area (TPSA) is 92.2 Å². The number of hydrogen-bond acceptors (Lipinski definition) is 6. The second-order valence-corrected chi connectivity index (χ2v) is 7.30. The maximum Gasteiger partial charge on any atom is 0.240 e. The molecular weight excluding hydrogens is 376 g/mol. The van der Waals surface area contributed by atoms with Gasteiger partial charge in [-0.15, -0.1) is 5.10 Å². The van der Waals surface area contributed by atoms with Gasteiger partial charge in [0.2, 0.25) is 11.8 Å². The van der Waals surface area contributed by atoms with Gasteiger partial charge in [-0.2, -0.15) is 5.10 Å². The van der Waals surface area contributed by atoms with Gasteiger partial charge in [0, 0.05) is 6.42 Å². The molecule has 0 aromatic heterocycles. The zero-order valence-electron chi connectivity index (χ0n) is 15.5. The molecule has 28 heavy (non-hydrogen) atoms. The number of aryl methyl sites for hydroxylation is 1. The molecule has 2 aromatic rings. The van der Waals surface area contributed by atoms with Crippen molar-refractivity contribution >= 4 is 40.6 Å². The summed E-state index contributed by atoms with van der Waals surface area (Å²) in [4.78, 5) is 24.4. The molecule has 2 amide bonds. The number of carbonyl (C=O) groups is 2. The first-order chi connectivity index (χ1) is 13.5. The number of hydrogen-bond donors (Lipinski definition) is 2. The zero-order chi connectivity index (χ0) is 19.9. The van der Waals surface area contributed by atoms with Crippen LogP contribution in [0.5, 0.6) is 5.75 Å². The quantitative estimate of drug-likeness (QED) is 0.580. The van der Waals surface area contributed by atoms with Crippen molar-refractivity contribution in [1.82, 2.24) is 5.32 Å². The van der Waals surface area contributed by atoms with E-state index < -0.39 is 5.25 Å². The highest BCUT2D eigenvalue weighted by Crippen LogP contribution is 2.26. The SMILES string of the molecule is COc1ccccc1NC(=O)CC1SC(=NN=Cc2ccc(C)cc2)NC1=O. The third kappa shape index (κ3) is 5.20. The van der Waals surface area contributed by atoms with Gasteiger partial charge in [-0.25, -0.2) is 0 Å². The Bertz CT molecular complexity index is 925. The van der Waals surface area contributed by atoms with Crippen molar-refractivity contribution < 1.29 is 14.3 Å². The summed E-state index contributed by atoms with van der Waals surface area (Å²) >= 11 is 1.19. The van der Waals surface area contributed by atoms with Crippen molar-refractivity contribution in [2.24, 2.45) is 10.2 Å². The monoisotopic (exact) mass is 396 g/mol. The van der Waals surface area contributed by atoms with Gasteiger partial charge >= 0.3 is 0 Å². The van der Waals surface area contributed by atoms with Gasteiger partial charge in [-0.1, -0.05) is 53.7 Å². The number of nitrogens with zero attached hydrogens (tertiary/aromatic N) is 2. The average Bonchev–Trinajstić information content (AvgIpc) is 3.03. The lowest BCUT2D eigenvalue weighted by atomic mass is 10.2. The average molecular weight is 396 g/mol. The first-order valence-electron chi connectivity index (χ1n) is 8.63. The molecule has 0 saturated carbocycles. The Balaban J connectivity index is 1.56. The Labute approximate surface area is 167 Å². The molecule has 0 aliphatic carbocycles. The van der Waals surface area contributed by atoms with Crippen molar-refractivity contribution in [2.75, 3.05) is 12.4 Å². The number of thioether (sulfide) groups is 1. The predicted octanol–water partition coefficient (Wildman–Crippen LogP) is 2.95. The number of benzene rings is 2. The van der Waals surface area contributed by atoms with Gasteiger partial charge in [0.05, 0.1) is 19.0 Å². The highest BCUT2D eigenvalue weighted by molar-refractivity contribution is 8.15. The minimum Gasteiger partial charge on any atom is -0.495 e. The van der Waals surface area contributed by atoms with Gasteiger partial charge < -0.3 is 15.4 Å². The molecule has 1 aliphatic heterocycles. The van der Waals surface area contributed by atoms with E-state index >= 15 is 0 Å². The van der Waals surface area contributed by atoms with Crippen molar-refractivity contribution in [2.45, 2.75) is 18.6 Å². The fraction of sp³-hybridized carbons (Fsp3) is 0.200. The van der Waals surface area contributed by atoms with Crippen LogP contribution in [0.25, 0.3) is 0 Å². The van der Waals surface area contributed by atoms with Crippen molar-refractivity contribution in [3.05, 3.63) is 59.7 Å². The number of methoxy groups -OCH3 is 1. The molecule has 0 radical (unpaired) electrons. The first-order valence-corrected chi connectivity index (χ1v) is 9.51. The fourth-order valence-corrected chi connectivity index (χ4v) is 3.43. The summed E-state index contributed by atoms with van der Waals surface area (Å²) in [6.45, 7) is 2.01. The molecule has 2 N–H and O–H groups in total. The van der Waals surface area contributed by atoms with E-state index in [0.717, 1.165) is 11.1 Å². The van der Waals surface area contributed by atoms with Gasteiger partial charge in [-0.3, -0.25) is 9.59 Å². The van der Waals surface area contributed by atoms with Crippen LogP contribution in [0, 0.1) is 6.92 Å². The second-order valence-electron chi connectivity index (χ2n) is 6.11. The van der Waals surface area contributed by atoms with Crippen LogP contribution in [-0.2, 0) is 9.59 Å². The predicted molar refractivity (Wildman–Crippen MR) is 112 cm³/mol. The first kappa shape index (κ1) is 19.6.